The summed E-state index contributed by atoms with van der Waals surface area (Å²) in [5.41, 5.74) is 4.12. The lowest BCUT2D eigenvalue weighted by Crippen LogP contribution is -2.39. The highest BCUT2D eigenvalue weighted by atomic mass is 35.5. The number of hydrogen-bond donors (Lipinski definition) is 1. The van der Waals surface area contributed by atoms with Crippen LogP contribution in [0.1, 0.15) is 12.5 Å². The third-order valence-electron chi connectivity index (χ3n) is 4.59. The van der Waals surface area contributed by atoms with Crippen LogP contribution in [0.2, 0.25) is 5.02 Å². The van der Waals surface area contributed by atoms with E-state index in [-0.39, 0.29) is 4.90 Å². The number of hydrogen-bond acceptors (Lipinski definition) is 5. The number of anilines is 1. The largest absolute Gasteiger partial charge is 0.497 e. The quantitative estimate of drug-likeness (QED) is 0.396. The first-order valence-electron chi connectivity index (χ1n) is 9.62. The summed E-state index contributed by atoms with van der Waals surface area (Å²) < 4.78 is 32.8. The monoisotopic (exact) mass is 471 g/mol. The summed E-state index contributed by atoms with van der Waals surface area (Å²) in [7, 11) is -2.52. The second kappa shape index (κ2) is 10.3. The van der Waals surface area contributed by atoms with E-state index in [0.717, 1.165) is 9.87 Å². The van der Waals surface area contributed by atoms with Crippen molar-refractivity contribution >= 4 is 38.9 Å². The van der Waals surface area contributed by atoms with Gasteiger partial charge in [0.1, 0.15) is 12.3 Å². The van der Waals surface area contributed by atoms with Gasteiger partial charge in [-0.25, -0.2) is 13.8 Å². The molecule has 0 unspecified atom stereocenters. The van der Waals surface area contributed by atoms with E-state index < -0.39 is 22.5 Å². The van der Waals surface area contributed by atoms with Crippen LogP contribution in [0, 0.1) is 0 Å². The minimum absolute atomic E-state index is 0.0378. The average molecular weight is 472 g/mol. The van der Waals surface area contributed by atoms with Gasteiger partial charge in [-0.1, -0.05) is 41.9 Å². The molecule has 1 N–H and O–H groups in total. The van der Waals surface area contributed by atoms with Crippen molar-refractivity contribution in [2.75, 3.05) is 18.0 Å². The molecule has 0 saturated heterocycles. The molecular weight excluding hydrogens is 450 g/mol. The van der Waals surface area contributed by atoms with Gasteiger partial charge in [0, 0.05) is 5.02 Å². The smallest absolute Gasteiger partial charge is 0.264 e. The molecule has 0 saturated carbocycles. The molecule has 0 aliphatic rings. The van der Waals surface area contributed by atoms with E-state index in [1.54, 1.807) is 73.7 Å². The van der Waals surface area contributed by atoms with Crippen LogP contribution in [-0.4, -0.2) is 33.7 Å². The van der Waals surface area contributed by atoms with Gasteiger partial charge in [-0.05, 0) is 61.0 Å². The number of para-hydroxylation sites is 1. The van der Waals surface area contributed by atoms with E-state index >= 15 is 0 Å². The summed E-state index contributed by atoms with van der Waals surface area (Å²) in [6.45, 7) is 1.28. The summed E-state index contributed by atoms with van der Waals surface area (Å²) in [6, 6.07) is 21.4. The molecule has 0 fully saturated rings. The zero-order chi connectivity index (χ0) is 23.1. The van der Waals surface area contributed by atoms with Crippen molar-refractivity contribution in [1.29, 1.82) is 0 Å². The number of rotatable bonds is 8. The molecule has 32 heavy (non-hydrogen) atoms. The molecule has 0 aromatic heterocycles. The number of sulfonamides is 1. The third kappa shape index (κ3) is 5.66. The molecule has 3 aromatic rings. The maximum atomic E-state index is 13.3. The second-order valence-electron chi connectivity index (χ2n) is 6.76. The molecule has 1 amide bonds. The van der Waals surface area contributed by atoms with Crippen LogP contribution < -0.4 is 14.5 Å². The number of halogens is 1. The Bertz CT molecular complexity index is 1200. The van der Waals surface area contributed by atoms with Crippen molar-refractivity contribution in [1.82, 2.24) is 5.43 Å². The summed E-state index contributed by atoms with van der Waals surface area (Å²) in [5.74, 6) is -0.0563. The van der Waals surface area contributed by atoms with Crippen molar-refractivity contribution in [2.45, 2.75) is 11.8 Å². The Morgan fingerprint density at radius 3 is 2.22 bits per heavy atom. The first-order chi connectivity index (χ1) is 15.3. The normalized spacial score (nSPS) is 11.7. The Morgan fingerprint density at radius 1 is 1.00 bits per heavy atom. The van der Waals surface area contributed by atoms with Crippen molar-refractivity contribution in [3.63, 3.8) is 0 Å². The molecule has 3 rings (SSSR count). The molecule has 0 aliphatic heterocycles. The molecule has 3 aromatic carbocycles. The topological polar surface area (TPSA) is 88.1 Å². The Kier molecular flexibility index (Phi) is 7.50. The lowest BCUT2D eigenvalue weighted by molar-refractivity contribution is -0.119. The van der Waals surface area contributed by atoms with Crippen molar-refractivity contribution < 1.29 is 17.9 Å². The summed E-state index contributed by atoms with van der Waals surface area (Å²) in [4.78, 5) is 12.7. The van der Waals surface area contributed by atoms with E-state index in [0.29, 0.717) is 22.2 Å². The van der Waals surface area contributed by atoms with Gasteiger partial charge in [0.25, 0.3) is 15.9 Å². The molecule has 0 heterocycles. The van der Waals surface area contributed by atoms with Crippen LogP contribution in [0.15, 0.2) is 88.9 Å². The van der Waals surface area contributed by atoms with Crippen molar-refractivity contribution in [3.05, 3.63) is 89.4 Å². The van der Waals surface area contributed by atoms with Crippen molar-refractivity contribution in [2.24, 2.45) is 5.10 Å². The Morgan fingerprint density at radius 2 is 1.62 bits per heavy atom. The van der Waals surface area contributed by atoms with E-state index in [1.807, 2.05) is 0 Å². The number of carbonyl (C=O) groups excluding carboxylic acids is 1. The highest BCUT2D eigenvalue weighted by Crippen LogP contribution is 2.24. The minimum atomic E-state index is -4.02. The molecule has 0 radical (unpaired) electrons. The number of carbonyl (C=O) groups is 1. The van der Waals surface area contributed by atoms with Gasteiger partial charge in [0.15, 0.2) is 0 Å². The predicted molar refractivity (Wildman–Crippen MR) is 126 cm³/mol. The molecular formula is C23H22ClN3O4S. The number of hydrazone groups is 1. The zero-order valence-corrected chi connectivity index (χ0v) is 19.1. The van der Waals surface area contributed by atoms with Crippen molar-refractivity contribution in [3.8, 4) is 5.75 Å². The van der Waals surface area contributed by atoms with E-state index in [1.165, 1.54) is 19.2 Å². The van der Waals surface area contributed by atoms with Crippen LogP contribution in [0.4, 0.5) is 5.69 Å². The number of benzene rings is 3. The van der Waals surface area contributed by atoms with Gasteiger partial charge in [-0.2, -0.15) is 5.10 Å². The lowest BCUT2D eigenvalue weighted by atomic mass is 10.1. The van der Waals surface area contributed by atoms with Crippen LogP contribution in [0.3, 0.4) is 0 Å². The summed E-state index contributed by atoms with van der Waals surface area (Å²) in [5, 5.41) is 4.67. The van der Waals surface area contributed by atoms with Gasteiger partial charge in [-0.15, -0.1) is 0 Å². The van der Waals surface area contributed by atoms with E-state index in [2.05, 4.69) is 10.5 Å². The van der Waals surface area contributed by atoms with Gasteiger partial charge >= 0.3 is 0 Å². The Balaban J connectivity index is 1.84. The minimum Gasteiger partial charge on any atom is -0.497 e. The zero-order valence-electron chi connectivity index (χ0n) is 17.5. The number of nitrogens with one attached hydrogen (secondary N) is 1. The molecule has 166 valence electrons. The average Bonchev–Trinajstić information content (AvgIpc) is 2.82. The van der Waals surface area contributed by atoms with Gasteiger partial charge in [0.05, 0.1) is 23.4 Å². The maximum Gasteiger partial charge on any atom is 0.264 e. The predicted octanol–water partition coefficient (Wildman–Crippen LogP) is 4.08. The lowest BCUT2D eigenvalue weighted by Gasteiger charge is -2.23. The molecule has 0 spiro atoms. The first kappa shape index (κ1) is 23.3. The molecule has 9 heteroatoms. The fourth-order valence-corrected chi connectivity index (χ4v) is 4.40. The highest BCUT2D eigenvalue weighted by Gasteiger charge is 2.27. The number of nitrogens with zero attached hydrogens (tertiary/aromatic N) is 2. The Hall–Kier alpha value is -3.36. The molecule has 0 aliphatic carbocycles. The first-order valence-corrected chi connectivity index (χ1v) is 11.4. The number of methoxy groups -OCH3 is 1. The maximum absolute atomic E-state index is 13.3. The van der Waals surface area contributed by atoms with Crippen LogP contribution >= 0.6 is 11.6 Å². The number of ether oxygens (including phenoxy) is 1. The van der Waals surface area contributed by atoms with Crippen LogP contribution in [0.5, 0.6) is 5.75 Å². The molecule has 7 nitrogen and oxygen atoms in total. The molecule has 0 bridgehead atoms. The summed E-state index contributed by atoms with van der Waals surface area (Å²) in [6.07, 6.45) is 0. The van der Waals surface area contributed by atoms with Crippen LogP contribution in [0.25, 0.3) is 0 Å². The van der Waals surface area contributed by atoms with E-state index in [9.17, 15) is 13.2 Å². The third-order valence-corrected chi connectivity index (χ3v) is 6.63. The Labute approximate surface area is 192 Å². The SMILES string of the molecule is COc1ccc(S(=O)(=O)N(CC(=O)N/N=C(/C)c2ccc(Cl)cc2)c2ccccc2)cc1. The fourth-order valence-electron chi connectivity index (χ4n) is 2.85. The standard InChI is InChI=1S/C23H22ClN3O4S/c1-17(18-8-10-19(24)11-9-18)25-26-23(28)16-27(20-6-4-3-5-7-20)32(29,30)22-14-12-21(31-2)13-15-22/h3-15H,16H2,1-2H3,(H,26,28)/b25-17-. The highest BCUT2D eigenvalue weighted by molar-refractivity contribution is 7.92. The summed E-state index contributed by atoms with van der Waals surface area (Å²) >= 11 is 5.89. The van der Waals surface area contributed by atoms with Gasteiger partial charge < -0.3 is 4.74 Å². The number of amides is 1. The second-order valence-corrected chi connectivity index (χ2v) is 9.06. The fraction of sp³-hybridized carbons (Fsp3) is 0.130. The van der Waals surface area contributed by atoms with Crippen LogP contribution in [-0.2, 0) is 14.8 Å². The van der Waals surface area contributed by atoms with Gasteiger partial charge in [0.2, 0.25) is 0 Å². The molecule has 0 atom stereocenters. The van der Waals surface area contributed by atoms with Gasteiger partial charge in [-0.3, -0.25) is 9.10 Å². The van der Waals surface area contributed by atoms with E-state index in [4.69, 9.17) is 16.3 Å².